The van der Waals surface area contributed by atoms with Gasteiger partial charge in [0, 0.05) is 23.5 Å². The predicted octanol–water partition coefficient (Wildman–Crippen LogP) is -1.90. The number of aliphatic hydroxyl groups excluding tert-OH is 1. The number of benzene rings is 1. The molecule has 1 aromatic heterocycles. The molecule has 36 heavy (non-hydrogen) atoms. The van der Waals surface area contributed by atoms with E-state index < -0.39 is 72.7 Å². The number of amides is 4. The number of aliphatic carboxylic acids is 1. The van der Waals surface area contributed by atoms with Crippen LogP contribution >= 0.6 is 0 Å². The van der Waals surface area contributed by atoms with Gasteiger partial charge in [-0.05, 0) is 17.5 Å². The van der Waals surface area contributed by atoms with Crippen molar-refractivity contribution in [3.05, 3.63) is 36.0 Å². The van der Waals surface area contributed by atoms with Crippen LogP contribution in [0.3, 0.4) is 0 Å². The second kappa shape index (κ2) is 12.7. The summed E-state index contributed by atoms with van der Waals surface area (Å²) in [5, 5.41) is 26.5. The van der Waals surface area contributed by atoms with Gasteiger partial charge in [-0.2, -0.15) is 0 Å². The first kappa shape index (κ1) is 28.3. The number of carbonyl (C=O) groups excluding carboxylic acids is 4. The van der Waals surface area contributed by atoms with Gasteiger partial charge in [0.05, 0.1) is 13.0 Å². The van der Waals surface area contributed by atoms with Crippen molar-refractivity contribution in [1.82, 2.24) is 20.9 Å². The summed E-state index contributed by atoms with van der Waals surface area (Å²) >= 11 is 0. The number of aromatic amines is 1. The van der Waals surface area contributed by atoms with Crippen LogP contribution in [0, 0.1) is 5.92 Å². The van der Waals surface area contributed by atoms with Crippen LogP contribution in [0.2, 0.25) is 0 Å². The number of fused-ring (bicyclic) bond motifs is 1. The highest BCUT2D eigenvalue weighted by Crippen LogP contribution is 2.19. The molecule has 13 heteroatoms. The topological polar surface area (TPSA) is 230 Å². The Morgan fingerprint density at radius 3 is 2.19 bits per heavy atom. The highest BCUT2D eigenvalue weighted by molar-refractivity contribution is 5.95. The number of hydrogen-bond acceptors (Lipinski definition) is 7. The van der Waals surface area contributed by atoms with E-state index in [1.165, 1.54) is 0 Å². The summed E-state index contributed by atoms with van der Waals surface area (Å²) < 4.78 is 0. The smallest absolute Gasteiger partial charge is 0.326 e. The van der Waals surface area contributed by atoms with Crippen LogP contribution in [0.4, 0.5) is 0 Å². The number of carboxylic acid groups (broad SMARTS) is 1. The Morgan fingerprint density at radius 2 is 1.61 bits per heavy atom. The van der Waals surface area contributed by atoms with E-state index >= 15 is 0 Å². The molecule has 0 spiro atoms. The molecule has 0 aliphatic rings. The third-order valence-corrected chi connectivity index (χ3v) is 5.53. The van der Waals surface area contributed by atoms with Gasteiger partial charge in [-0.1, -0.05) is 32.0 Å². The maximum Gasteiger partial charge on any atom is 0.326 e. The number of primary amides is 1. The maximum atomic E-state index is 13.1. The molecule has 4 atom stereocenters. The van der Waals surface area contributed by atoms with Gasteiger partial charge in [-0.15, -0.1) is 0 Å². The van der Waals surface area contributed by atoms with Crippen LogP contribution in [0.25, 0.3) is 10.9 Å². The minimum absolute atomic E-state index is 0.0284. The molecule has 0 aliphatic heterocycles. The van der Waals surface area contributed by atoms with Crippen molar-refractivity contribution in [3.63, 3.8) is 0 Å². The Labute approximate surface area is 207 Å². The van der Waals surface area contributed by atoms with Crippen LogP contribution in [0.15, 0.2) is 30.5 Å². The van der Waals surface area contributed by atoms with E-state index in [9.17, 15) is 29.1 Å². The summed E-state index contributed by atoms with van der Waals surface area (Å²) in [6.45, 7) is 2.70. The van der Waals surface area contributed by atoms with Gasteiger partial charge in [-0.25, -0.2) is 4.79 Å². The van der Waals surface area contributed by atoms with Crippen LogP contribution in [-0.2, 0) is 30.4 Å². The van der Waals surface area contributed by atoms with Gasteiger partial charge < -0.3 is 42.6 Å². The molecular formula is C23H32N6O7. The Kier molecular flexibility index (Phi) is 9.93. The molecule has 0 fully saturated rings. The zero-order valence-corrected chi connectivity index (χ0v) is 20.0. The largest absolute Gasteiger partial charge is 0.480 e. The monoisotopic (exact) mass is 504 g/mol. The minimum Gasteiger partial charge on any atom is -0.480 e. The zero-order chi connectivity index (χ0) is 27.0. The van der Waals surface area contributed by atoms with Gasteiger partial charge in [0.1, 0.15) is 24.2 Å². The summed E-state index contributed by atoms with van der Waals surface area (Å²) in [4.78, 5) is 64.3. The van der Waals surface area contributed by atoms with Crippen LogP contribution < -0.4 is 27.4 Å². The molecule has 1 aromatic carbocycles. The normalized spacial score (nSPS) is 14.5. The molecule has 0 saturated heterocycles. The van der Waals surface area contributed by atoms with Crippen molar-refractivity contribution in [1.29, 1.82) is 0 Å². The molecular weight excluding hydrogens is 472 g/mol. The van der Waals surface area contributed by atoms with Gasteiger partial charge in [0.2, 0.25) is 23.6 Å². The van der Waals surface area contributed by atoms with Crippen molar-refractivity contribution >= 4 is 40.5 Å². The predicted molar refractivity (Wildman–Crippen MR) is 129 cm³/mol. The Balaban J connectivity index is 2.33. The third kappa shape index (κ3) is 7.52. The Morgan fingerprint density at radius 1 is 0.972 bits per heavy atom. The molecule has 0 bridgehead atoms. The fraction of sp³-hybridized carbons (Fsp3) is 0.435. The van der Waals surface area contributed by atoms with Gasteiger partial charge in [-0.3, -0.25) is 19.2 Å². The lowest BCUT2D eigenvalue weighted by Crippen LogP contribution is -2.59. The Bertz CT molecular complexity index is 1120. The lowest BCUT2D eigenvalue weighted by Gasteiger charge is -2.26. The third-order valence-electron chi connectivity index (χ3n) is 5.53. The molecule has 10 N–H and O–H groups in total. The fourth-order valence-corrected chi connectivity index (χ4v) is 3.54. The van der Waals surface area contributed by atoms with Gasteiger partial charge in [0.25, 0.3) is 0 Å². The van der Waals surface area contributed by atoms with E-state index in [1.54, 1.807) is 26.1 Å². The molecule has 0 radical (unpaired) electrons. The lowest BCUT2D eigenvalue weighted by atomic mass is 10.00. The lowest BCUT2D eigenvalue weighted by molar-refractivity contribution is -0.143. The van der Waals surface area contributed by atoms with E-state index in [2.05, 4.69) is 20.9 Å². The van der Waals surface area contributed by atoms with Gasteiger partial charge in [0.15, 0.2) is 0 Å². The van der Waals surface area contributed by atoms with Gasteiger partial charge >= 0.3 is 5.97 Å². The van der Waals surface area contributed by atoms with Crippen molar-refractivity contribution in [2.24, 2.45) is 17.4 Å². The highest BCUT2D eigenvalue weighted by Gasteiger charge is 2.32. The average Bonchev–Trinajstić information content (AvgIpc) is 3.22. The standard InChI is InChI=1S/C23H32N6O7/c1-11(2)19(29-20(32)14(24)10-30)22(34)27-16(21(33)28-17(23(35)36)8-18(25)31)7-12-9-26-15-6-4-3-5-13(12)15/h3-6,9,11,14,16-17,19,26,30H,7-8,10,24H2,1-2H3,(H2,25,31)(H,27,34)(H,28,33)(H,29,32)(H,35,36). The minimum atomic E-state index is -1.60. The molecule has 4 unspecified atom stereocenters. The van der Waals surface area contributed by atoms with E-state index in [1.807, 2.05) is 18.2 Å². The van der Waals surface area contributed by atoms with E-state index in [0.717, 1.165) is 10.9 Å². The molecule has 2 rings (SSSR count). The second-order valence-corrected chi connectivity index (χ2v) is 8.71. The summed E-state index contributed by atoms with van der Waals surface area (Å²) in [5.74, 6) is -5.14. The number of nitrogens with two attached hydrogens (primary N) is 2. The van der Waals surface area contributed by atoms with E-state index in [0.29, 0.717) is 5.56 Å². The maximum absolute atomic E-state index is 13.1. The van der Waals surface area contributed by atoms with Crippen molar-refractivity contribution < 1.29 is 34.2 Å². The first-order valence-corrected chi connectivity index (χ1v) is 11.3. The van der Waals surface area contributed by atoms with Crippen molar-refractivity contribution in [3.8, 4) is 0 Å². The number of aromatic nitrogens is 1. The number of para-hydroxylation sites is 1. The molecule has 0 aliphatic carbocycles. The molecule has 0 saturated carbocycles. The summed E-state index contributed by atoms with van der Waals surface area (Å²) in [6.07, 6.45) is 0.995. The van der Waals surface area contributed by atoms with Crippen molar-refractivity contribution in [2.75, 3.05) is 6.61 Å². The SMILES string of the molecule is CC(C)C(NC(=O)C(N)CO)C(=O)NC(Cc1c[nH]c2ccccc12)C(=O)NC(CC(N)=O)C(=O)O. The number of rotatable bonds is 13. The second-order valence-electron chi connectivity index (χ2n) is 8.71. The average molecular weight is 505 g/mol. The molecule has 196 valence electrons. The summed E-state index contributed by atoms with van der Waals surface area (Å²) in [7, 11) is 0. The van der Waals surface area contributed by atoms with E-state index in [4.69, 9.17) is 16.6 Å². The quantitative estimate of drug-likeness (QED) is 0.153. The number of nitrogens with one attached hydrogen (secondary N) is 4. The van der Waals surface area contributed by atoms with Crippen LogP contribution in [0.1, 0.15) is 25.8 Å². The first-order valence-electron chi connectivity index (χ1n) is 11.3. The van der Waals surface area contributed by atoms with Crippen LogP contribution in [-0.4, -0.2) is 75.6 Å². The summed E-state index contributed by atoms with van der Waals surface area (Å²) in [5.41, 5.74) is 12.1. The number of carbonyl (C=O) groups is 5. The summed E-state index contributed by atoms with van der Waals surface area (Å²) in [6, 6.07) is 2.06. The molecule has 4 amide bonds. The number of hydrogen-bond donors (Lipinski definition) is 8. The van der Waals surface area contributed by atoms with E-state index in [-0.39, 0.29) is 6.42 Å². The Hall–Kier alpha value is -3.97. The number of aliphatic hydroxyl groups is 1. The zero-order valence-electron chi connectivity index (χ0n) is 20.0. The fourth-order valence-electron chi connectivity index (χ4n) is 3.54. The number of carboxylic acids is 1. The molecule has 1 heterocycles. The highest BCUT2D eigenvalue weighted by atomic mass is 16.4. The number of H-pyrrole nitrogens is 1. The van der Waals surface area contributed by atoms with Crippen LogP contribution in [0.5, 0.6) is 0 Å². The molecule has 2 aromatic rings. The first-order chi connectivity index (χ1) is 16.9. The van der Waals surface area contributed by atoms with Crippen molar-refractivity contribution in [2.45, 2.75) is 50.9 Å². The molecule has 13 nitrogen and oxygen atoms in total.